The van der Waals surface area contributed by atoms with Crippen molar-refractivity contribution >= 4 is 21.5 Å². The molecular formula is C12H20N2O3S2. The summed E-state index contributed by atoms with van der Waals surface area (Å²) in [5.41, 5.74) is 1.15. The number of nitrogens with zero attached hydrogens (tertiary/aromatic N) is 1. The van der Waals surface area contributed by atoms with E-state index in [4.69, 9.17) is 5.11 Å². The molecule has 1 aliphatic rings. The molecule has 1 saturated heterocycles. The van der Waals surface area contributed by atoms with E-state index < -0.39 is 10.2 Å². The summed E-state index contributed by atoms with van der Waals surface area (Å²) in [7, 11) is -3.40. The number of aliphatic hydroxyl groups excluding tert-OH is 1. The average molecular weight is 304 g/mol. The molecule has 0 aromatic carbocycles. The Kier molecular flexibility index (Phi) is 5.35. The van der Waals surface area contributed by atoms with Gasteiger partial charge in [-0.05, 0) is 47.6 Å². The Hall–Kier alpha value is -0.470. The van der Waals surface area contributed by atoms with Crippen LogP contribution in [-0.4, -0.2) is 44.1 Å². The van der Waals surface area contributed by atoms with Crippen LogP contribution in [0.2, 0.25) is 0 Å². The fraction of sp³-hybridized carbons (Fsp3) is 0.667. The molecule has 0 bridgehead atoms. The smallest absolute Gasteiger partial charge is 0.279 e. The minimum atomic E-state index is -3.40. The van der Waals surface area contributed by atoms with Crippen molar-refractivity contribution in [2.75, 3.05) is 26.2 Å². The molecule has 0 saturated carbocycles. The minimum Gasteiger partial charge on any atom is -0.396 e. The van der Waals surface area contributed by atoms with Crippen molar-refractivity contribution in [1.29, 1.82) is 0 Å². The third-order valence-electron chi connectivity index (χ3n) is 3.36. The van der Waals surface area contributed by atoms with Gasteiger partial charge in [-0.15, -0.1) is 0 Å². The van der Waals surface area contributed by atoms with Crippen molar-refractivity contribution < 1.29 is 13.5 Å². The van der Waals surface area contributed by atoms with Gasteiger partial charge in [0.05, 0.1) is 0 Å². The minimum absolute atomic E-state index is 0.0565. The van der Waals surface area contributed by atoms with Crippen LogP contribution in [0.4, 0.5) is 0 Å². The van der Waals surface area contributed by atoms with Gasteiger partial charge in [-0.1, -0.05) is 0 Å². The van der Waals surface area contributed by atoms with Crippen molar-refractivity contribution in [2.45, 2.75) is 19.3 Å². The molecule has 2 rings (SSSR count). The second kappa shape index (κ2) is 6.81. The van der Waals surface area contributed by atoms with Crippen molar-refractivity contribution in [3.05, 3.63) is 22.4 Å². The molecule has 0 amide bonds. The van der Waals surface area contributed by atoms with Crippen LogP contribution in [0.3, 0.4) is 0 Å². The van der Waals surface area contributed by atoms with E-state index in [2.05, 4.69) is 4.72 Å². The highest BCUT2D eigenvalue weighted by atomic mass is 32.2. The van der Waals surface area contributed by atoms with Gasteiger partial charge in [0.15, 0.2) is 0 Å². The Morgan fingerprint density at radius 3 is 3.05 bits per heavy atom. The highest BCUT2D eigenvalue weighted by molar-refractivity contribution is 7.87. The summed E-state index contributed by atoms with van der Waals surface area (Å²) >= 11 is 1.61. The molecule has 7 heteroatoms. The zero-order chi connectivity index (χ0) is 13.7. The Morgan fingerprint density at radius 2 is 2.37 bits per heavy atom. The summed E-state index contributed by atoms with van der Waals surface area (Å²) in [6.45, 7) is 1.44. The van der Waals surface area contributed by atoms with E-state index >= 15 is 0 Å². The number of thiophene rings is 1. The molecule has 0 aliphatic carbocycles. The first-order valence-corrected chi connectivity index (χ1v) is 8.87. The van der Waals surface area contributed by atoms with Crippen LogP contribution in [0.1, 0.15) is 18.4 Å². The second-order valence-corrected chi connectivity index (χ2v) is 7.37. The summed E-state index contributed by atoms with van der Waals surface area (Å²) in [4.78, 5) is 0. The number of piperidine rings is 1. The molecule has 19 heavy (non-hydrogen) atoms. The number of hydrogen-bond donors (Lipinski definition) is 2. The number of nitrogens with one attached hydrogen (secondary N) is 1. The lowest BCUT2D eigenvalue weighted by Gasteiger charge is -2.30. The lowest BCUT2D eigenvalue weighted by atomic mass is 10.0. The Bertz CT molecular complexity index is 473. The molecule has 1 aromatic rings. The van der Waals surface area contributed by atoms with E-state index in [1.807, 2.05) is 16.8 Å². The molecule has 1 aliphatic heterocycles. The van der Waals surface area contributed by atoms with Gasteiger partial charge in [-0.3, -0.25) is 0 Å². The van der Waals surface area contributed by atoms with Gasteiger partial charge in [-0.25, -0.2) is 4.72 Å². The second-order valence-electron chi connectivity index (χ2n) is 4.83. The van der Waals surface area contributed by atoms with Gasteiger partial charge in [0.1, 0.15) is 0 Å². The average Bonchev–Trinajstić information content (AvgIpc) is 2.92. The van der Waals surface area contributed by atoms with Gasteiger partial charge >= 0.3 is 0 Å². The molecule has 1 atom stereocenters. The van der Waals surface area contributed by atoms with Gasteiger partial charge in [-0.2, -0.15) is 24.1 Å². The summed E-state index contributed by atoms with van der Waals surface area (Å²) in [5, 5.41) is 13.1. The molecule has 1 fully saturated rings. The monoisotopic (exact) mass is 304 g/mol. The van der Waals surface area contributed by atoms with Crippen molar-refractivity contribution in [1.82, 2.24) is 9.03 Å². The first kappa shape index (κ1) is 14.9. The summed E-state index contributed by atoms with van der Waals surface area (Å²) < 4.78 is 28.3. The van der Waals surface area contributed by atoms with Crippen molar-refractivity contribution in [3.8, 4) is 0 Å². The topological polar surface area (TPSA) is 69.6 Å². The number of hydrogen-bond acceptors (Lipinski definition) is 4. The number of rotatable bonds is 6. The fourth-order valence-electron chi connectivity index (χ4n) is 2.24. The number of aliphatic hydroxyl groups is 1. The van der Waals surface area contributed by atoms with Crippen LogP contribution >= 0.6 is 11.3 Å². The molecule has 0 spiro atoms. The van der Waals surface area contributed by atoms with Crippen molar-refractivity contribution in [2.24, 2.45) is 5.92 Å². The van der Waals surface area contributed by atoms with E-state index in [0.717, 1.165) is 18.4 Å². The maximum atomic E-state index is 12.1. The van der Waals surface area contributed by atoms with Gasteiger partial charge in [0.2, 0.25) is 0 Å². The van der Waals surface area contributed by atoms with E-state index in [9.17, 15) is 8.42 Å². The van der Waals surface area contributed by atoms with E-state index in [1.54, 1.807) is 11.3 Å². The van der Waals surface area contributed by atoms with Crippen LogP contribution in [0, 0.1) is 5.92 Å². The SMILES string of the molecule is O=S(=O)(NCCc1ccsc1)N1CCCC(CO)C1. The van der Waals surface area contributed by atoms with E-state index in [-0.39, 0.29) is 12.5 Å². The third kappa shape index (κ3) is 4.25. The predicted molar refractivity (Wildman–Crippen MR) is 76.3 cm³/mol. The molecule has 2 N–H and O–H groups in total. The maximum Gasteiger partial charge on any atom is 0.279 e. The fourth-order valence-corrected chi connectivity index (χ4v) is 4.27. The van der Waals surface area contributed by atoms with Gasteiger partial charge in [0, 0.05) is 26.2 Å². The predicted octanol–water partition coefficient (Wildman–Crippen LogP) is 0.829. The van der Waals surface area contributed by atoms with Gasteiger partial charge < -0.3 is 5.11 Å². The van der Waals surface area contributed by atoms with Crippen LogP contribution < -0.4 is 4.72 Å². The van der Waals surface area contributed by atoms with E-state index in [0.29, 0.717) is 26.1 Å². The normalized spacial score (nSPS) is 21.6. The molecule has 1 unspecified atom stereocenters. The molecular weight excluding hydrogens is 284 g/mol. The molecule has 5 nitrogen and oxygen atoms in total. The summed E-state index contributed by atoms with van der Waals surface area (Å²) in [6, 6.07) is 2.00. The lowest BCUT2D eigenvalue weighted by Crippen LogP contribution is -2.47. The lowest BCUT2D eigenvalue weighted by molar-refractivity contribution is 0.165. The Labute approximate surface area is 118 Å². The van der Waals surface area contributed by atoms with Crippen LogP contribution in [0.25, 0.3) is 0 Å². The first-order chi connectivity index (χ1) is 9.12. The largest absolute Gasteiger partial charge is 0.396 e. The van der Waals surface area contributed by atoms with Crippen LogP contribution in [0.15, 0.2) is 16.8 Å². The summed E-state index contributed by atoms with van der Waals surface area (Å²) in [6.07, 6.45) is 2.42. The molecule has 108 valence electrons. The van der Waals surface area contributed by atoms with E-state index in [1.165, 1.54) is 4.31 Å². The molecule has 1 aromatic heterocycles. The zero-order valence-electron chi connectivity index (χ0n) is 10.8. The highest BCUT2D eigenvalue weighted by Gasteiger charge is 2.27. The third-order valence-corrected chi connectivity index (χ3v) is 5.67. The van der Waals surface area contributed by atoms with Crippen LogP contribution in [0.5, 0.6) is 0 Å². The molecule has 0 radical (unpaired) electrons. The quantitative estimate of drug-likeness (QED) is 0.818. The van der Waals surface area contributed by atoms with Gasteiger partial charge in [0.25, 0.3) is 10.2 Å². The molecule has 2 heterocycles. The Balaban J connectivity index is 1.83. The zero-order valence-corrected chi connectivity index (χ0v) is 12.4. The summed E-state index contributed by atoms with van der Waals surface area (Å²) in [5.74, 6) is 0.0715. The maximum absolute atomic E-state index is 12.1. The van der Waals surface area contributed by atoms with Crippen molar-refractivity contribution in [3.63, 3.8) is 0 Å². The first-order valence-electron chi connectivity index (χ1n) is 6.48. The van der Waals surface area contributed by atoms with Crippen LogP contribution in [-0.2, 0) is 16.6 Å². The standard InChI is InChI=1S/C12H20N2O3S2/c15-9-12-2-1-6-14(8-12)19(16,17)13-5-3-11-4-7-18-10-11/h4,7,10,12-13,15H,1-3,5-6,8-9H2. The Morgan fingerprint density at radius 1 is 1.53 bits per heavy atom. The highest BCUT2D eigenvalue weighted by Crippen LogP contribution is 2.17.